The fourth-order valence-electron chi connectivity index (χ4n) is 4.28. The van der Waals surface area contributed by atoms with Crippen LogP contribution in [0.3, 0.4) is 0 Å². The Morgan fingerprint density at radius 1 is 0.897 bits per heavy atom. The fourth-order valence-corrected chi connectivity index (χ4v) is 4.28. The van der Waals surface area contributed by atoms with Crippen molar-refractivity contribution in [1.29, 1.82) is 0 Å². The second kappa shape index (κ2) is 12.6. The molecule has 0 atom stereocenters. The van der Waals surface area contributed by atoms with Crippen LogP contribution >= 0.6 is 0 Å². The van der Waals surface area contributed by atoms with E-state index < -0.39 is 5.91 Å². The van der Waals surface area contributed by atoms with Crippen LogP contribution in [-0.2, 0) is 16.8 Å². The van der Waals surface area contributed by atoms with Gasteiger partial charge in [0.05, 0.1) is 18.7 Å². The predicted octanol–water partition coefficient (Wildman–Crippen LogP) is 7.95. The maximum atomic E-state index is 12.4. The number of benzene rings is 3. The largest absolute Gasteiger partial charge is 0.494 e. The lowest BCUT2D eigenvalue weighted by Crippen LogP contribution is -2.11. The van der Waals surface area contributed by atoms with Crippen molar-refractivity contribution >= 4 is 22.5 Å². The van der Waals surface area contributed by atoms with Gasteiger partial charge < -0.3 is 19.1 Å². The highest BCUT2D eigenvalue weighted by Gasteiger charge is 2.17. The molecule has 4 aromatic rings. The van der Waals surface area contributed by atoms with Crippen molar-refractivity contribution in [3.63, 3.8) is 0 Å². The van der Waals surface area contributed by atoms with Gasteiger partial charge in [-0.15, -0.1) is 10.2 Å². The minimum absolute atomic E-state index is 0.0372. The Hall–Kier alpha value is -4.13. The van der Waals surface area contributed by atoms with Crippen molar-refractivity contribution in [2.24, 2.45) is 10.2 Å². The summed E-state index contributed by atoms with van der Waals surface area (Å²) >= 11 is 0. The molecule has 1 aromatic heterocycles. The van der Waals surface area contributed by atoms with E-state index in [1.807, 2.05) is 72.8 Å². The van der Waals surface area contributed by atoms with Gasteiger partial charge in [-0.2, -0.15) is 0 Å². The third-order valence-electron chi connectivity index (χ3n) is 6.54. The van der Waals surface area contributed by atoms with Crippen LogP contribution in [0.15, 0.2) is 83.0 Å². The Kier molecular flexibility index (Phi) is 9.02. The molecule has 0 saturated carbocycles. The number of hydrogen-bond donors (Lipinski definition) is 1. The number of fused-ring (bicyclic) bond motifs is 1. The van der Waals surface area contributed by atoms with E-state index in [4.69, 9.17) is 9.47 Å². The molecule has 0 fully saturated rings. The maximum Gasteiger partial charge on any atom is 0.302 e. The number of carbonyl (C=O) groups excluding carboxylic acids is 1. The van der Waals surface area contributed by atoms with Crippen molar-refractivity contribution in [3.8, 4) is 17.4 Å². The number of carbonyl (C=O) groups is 1. The van der Waals surface area contributed by atoms with E-state index in [1.165, 1.54) is 5.56 Å². The zero-order valence-corrected chi connectivity index (χ0v) is 23.2. The average molecular weight is 528 g/mol. The number of rotatable bonds is 11. The molecule has 0 bridgehead atoms. The number of azo groups is 1. The average Bonchev–Trinajstić information content (AvgIpc) is 3.19. The third kappa shape index (κ3) is 7.25. The van der Waals surface area contributed by atoms with Gasteiger partial charge in [-0.05, 0) is 53.3 Å². The summed E-state index contributed by atoms with van der Waals surface area (Å²) in [6.07, 6.45) is 3.35. The fraction of sp³-hybridized carbons (Fsp3) is 0.344. The first-order chi connectivity index (χ1) is 18.8. The molecule has 7 nitrogen and oxygen atoms in total. The second-order valence-corrected chi connectivity index (χ2v) is 10.6. The van der Waals surface area contributed by atoms with Crippen LogP contribution in [0.25, 0.3) is 10.9 Å². The molecular formula is C32H37N3O4. The van der Waals surface area contributed by atoms with E-state index >= 15 is 0 Å². The topological polar surface area (TPSA) is 85.4 Å². The molecule has 0 aliphatic heterocycles. The summed E-state index contributed by atoms with van der Waals surface area (Å²) in [5.74, 6) is 0.826. The summed E-state index contributed by atoms with van der Waals surface area (Å²) in [6, 6.07) is 23.0. The molecule has 0 saturated heterocycles. The highest BCUT2D eigenvalue weighted by Crippen LogP contribution is 2.39. The van der Waals surface area contributed by atoms with Gasteiger partial charge in [0.15, 0.2) is 12.3 Å². The van der Waals surface area contributed by atoms with Crippen LogP contribution in [0.1, 0.15) is 58.1 Å². The lowest BCUT2D eigenvalue weighted by atomic mass is 9.87. The van der Waals surface area contributed by atoms with Crippen molar-refractivity contribution in [2.45, 2.75) is 58.9 Å². The number of nitrogens with zero attached hydrogens (tertiary/aromatic N) is 3. The van der Waals surface area contributed by atoms with Crippen LogP contribution in [0.5, 0.6) is 17.4 Å². The molecule has 0 unspecified atom stereocenters. The Balaban J connectivity index is 1.44. The SMILES string of the molecule is CCCCCOc1ccc(Cn2c(O)c(N=NC(=O)COc3ccc(C(C)(C)C)cc3)c3ccccc32)cc1. The standard InChI is InChI=1S/C32H37N3O4/c1-5-6-9-20-38-25-16-12-23(13-17-25)21-35-28-11-8-7-10-27(28)30(31(35)37)34-33-29(36)22-39-26-18-14-24(15-19-26)32(2,3)4/h7-8,10-19,37H,5-6,9,20-22H2,1-4H3. The smallest absolute Gasteiger partial charge is 0.302 e. The minimum Gasteiger partial charge on any atom is -0.494 e. The normalized spacial score (nSPS) is 11.8. The number of aromatic hydroxyl groups is 1. The first-order valence-corrected chi connectivity index (χ1v) is 13.5. The van der Waals surface area contributed by atoms with Gasteiger partial charge in [0.2, 0.25) is 5.88 Å². The molecule has 0 aliphatic rings. The molecule has 0 radical (unpaired) electrons. The number of para-hydroxylation sites is 1. The first kappa shape index (κ1) is 27.9. The molecule has 39 heavy (non-hydrogen) atoms. The lowest BCUT2D eigenvalue weighted by Gasteiger charge is -2.19. The van der Waals surface area contributed by atoms with E-state index in [2.05, 4.69) is 37.9 Å². The summed E-state index contributed by atoms with van der Waals surface area (Å²) in [6.45, 7) is 9.48. The summed E-state index contributed by atoms with van der Waals surface area (Å²) in [7, 11) is 0. The van der Waals surface area contributed by atoms with Crippen LogP contribution in [0, 0.1) is 0 Å². The van der Waals surface area contributed by atoms with Crippen molar-refractivity contribution in [2.75, 3.05) is 13.2 Å². The Labute approximate surface area is 230 Å². The highest BCUT2D eigenvalue weighted by atomic mass is 16.5. The van der Waals surface area contributed by atoms with E-state index in [-0.39, 0.29) is 23.6 Å². The summed E-state index contributed by atoms with van der Waals surface area (Å²) < 4.78 is 13.2. The van der Waals surface area contributed by atoms with Gasteiger partial charge in [0.1, 0.15) is 11.5 Å². The van der Waals surface area contributed by atoms with Crippen molar-refractivity contribution in [3.05, 3.63) is 83.9 Å². The van der Waals surface area contributed by atoms with E-state index in [0.29, 0.717) is 24.3 Å². The lowest BCUT2D eigenvalue weighted by molar-refractivity contribution is -0.120. The van der Waals surface area contributed by atoms with Gasteiger partial charge in [0, 0.05) is 5.39 Å². The predicted molar refractivity (Wildman–Crippen MR) is 154 cm³/mol. The summed E-state index contributed by atoms with van der Waals surface area (Å²) in [5.41, 5.74) is 3.27. The Morgan fingerprint density at radius 3 is 2.26 bits per heavy atom. The monoisotopic (exact) mass is 527 g/mol. The first-order valence-electron chi connectivity index (χ1n) is 13.5. The summed E-state index contributed by atoms with van der Waals surface area (Å²) in [5, 5.41) is 19.7. The van der Waals surface area contributed by atoms with E-state index in [9.17, 15) is 9.90 Å². The molecule has 1 amide bonds. The highest BCUT2D eigenvalue weighted by molar-refractivity contribution is 5.95. The number of unbranched alkanes of at least 4 members (excludes halogenated alkanes) is 2. The summed E-state index contributed by atoms with van der Waals surface area (Å²) in [4.78, 5) is 12.4. The van der Waals surface area contributed by atoms with Crippen molar-refractivity contribution < 1.29 is 19.4 Å². The number of hydrogen-bond acceptors (Lipinski definition) is 5. The van der Waals surface area contributed by atoms with E-state index in [1.54, 1.807) is 4.57 Å². The second-order valence-electron chi connectivity index (χ2n) is 10.6. The van der Waals surface area contributed by atoms with Crippen LogP contribution in [0.2, 0.25) is 0 Å². The number of ether oxygens (including phenoxy) is 2. The van der Waals surface area contributed by atoms with Gasteiger partial charge in [0.25, 0.3) is 0 Å². The van der Waals surface area contributed by atoms with Gasteiger partial charge in [-0.1, -0.05) is 83.0 Å². The Morgan fingerprint density at radius 2 is 1.56 bits per heavy atom. The number of aromatic nitrogens is 1. The van der Waals surface area contributed by atoms with E-state index in [0.717, 1.165) is 36.1 Å². The third-order valence-corrected chi connectivity index (χ3v) is 6.54. The zero-order chi connectivity index (χ0) is 27.8. The molecule has 0 spiro atoms. The van der Waals surface area contributed by atoms with Crippen LogP contribution < -0.4 is 9.47 Å². The molecule has 4 rings (SSSR count). The van der Waals surface area contributed by atoms with Gasteiger partial charge in [-0.3, -0.25) is 4.79 Å². The molecule has 7 heteroatoms. The molecule has 0 aliphatic carbocycles. The number of amides is 1. The molecule has 3 aromatic carbocycles. The van der Waals surface area contributed by atoms with Crippen molar-refractivity contribution in [1.82, 2.24) is 4.57 Å². The molecule has 204 valence electrons. The van der Waals surface area contributed by atoms with Gasteiger partial charge >= 0.3 is 5.91 Å². The maximum absolute atomic E-state index is 12.4. The Bertz CT molecular complexity index is 1420. The minimum atomic E-state index is -0.541. The van der Waals surface area contributed by atoms with Crippen LogP contribution in [-0.4, -0.2) is 28.8 Å². The zero-order valence-electron chi connectivity index (χ0n) is 23.2. The quantitative estimate of drug-likeness (QED) is 0.158. The molecule has 1 heterocycles. The molecular weight excluding hydrogens is 490 g/mol. The van der Waals surface area contributed by atoms with Gasteiger partial charge in [-0.25, -0.2) is 0 Å². The van der Waals surface area contributed by atoms with Crippen LogP contribution in [0.4, 0.5) is 5.69 Å². The molecule has 1 N–H and O–H groups in total.